The van der Waals surface area contributed by atoms with E-state index in [4.69, 9.17) is 20.8 Å². The number of amides is 1. The van der Waals surface area contributed by atoms with Gasteiger partial charge in [0.1, 0.15) is 6.04 Å². The van der Waals surface area contributed by atoms with Crippen molar-refractivity contribution in [2.45, 2.75) is 31.9 Å². The molecule has 3 heterocycles. The molecule has 136 valence electrons. The van der Waals surface area contributed by atoms with Crippen molar-refractivity contribution in [3.8, 4) is 0 Å². The number of aromatic nitrogens is 3. The molecule has 0 aliphatic carbocycles. The molecule has 7 nitrogen and oxygen atoms in total. The van der Waals surface area contributed by atoms with Crippen LogP contribution in [0, 0.1) is 6.92 Å². The largest absolute Gasteiger partial charge is 0.423 e. The summed E-state index contributed by atoms with van der Waals surface area (Å²) in [5, 5.41) is 9.64. The Kier molecular flexibility index (Phi) is 4.42. The number of carbonyl (C=O) groups is 1. The number of aromatic amines is 1. The van der Waals surface area contributed by atoms with Gasteiger partial charge in [0.05, 0.1) is 12.5 Å². The fourth-order valence-corrected chi connectivity index (χ4v) is 3.67. The second-order valence-electron chi connectivity index (χ2n) is 6.50. The van der Waals surface area contributed by atoms with E-state index in [1.165, 1.54) is 0 Å². The van der Waals surface area contributed by atoms with Crippen LogP contribution in [0.5, 0.6) is 0 Å². The molecule has 3 aromatic rings. The van der Waals surface area contributed by atoms with Crippen LogP contribution in [0.1, 0.15) is 29.8 Å². The van der Waals surface area contributed by atoms with E-state index in [0.29, 0.717) is 29.8 Å². The first-order valence-corrected chi connectivity index (χ1v) is 8.80. The number of hydrogen-bond acceptors (Lipinski definition) is 5. The summed E-state index contributed by atoms with van der Waals surface area (Å²) in [4.78, 5) is 18.0. The van der Waals surface area contributed by atoms with Crippen LogP contribution < -0.4 is 0 Å². The normalized spacial score (nSPS) is 20.2. The van der Waals surface area contributed by atoms with E-state index < -0.39 is 0 Å². The molecule has 1 amide bonds. The van der Waals surface area contributed by atoms with Crippen molar-refractivity contribution in [3.63, 3.8) is 0 Å². The zero-order chi connectivity index (χ0) is 18.3. The summed E-state index contributed by atoms with van der Waals surface area (Å²) in [5.41, 5.74) is 1.85. The van der Waals surface area contributed by atoms with Crippen molar-refractivity contribution in [1.82, 2.24) is 20.1 Å². The smallest absolute Gasteiger partial charge is 0.239 e. The molecule has 8 heteroatoms. The molecule has 1 fully saturated rings. The first kappa shape index (κ1) is 17.1. The van der Waals surface area contributed by atoms with Gasteiger partial charge in [-0.05, 0) is 17.7 Å². The van der Waals surface area contributed by atoms with E-state index >= 15 is 0 Å². The number of likely N-dealkylation sites (tertiary alicyclic amines) is 1. The van der Waals surface area contributed by atoms with E-state index in [0.717, 1.165) is 16.5 Å². The van der Waals surface area contributed by atoms with Crippen molar-refractivity contribution in [2.75, 3.05) is 13.7 Å². The lowest BCUT2D eigenvalue weighted by molar-refractivity contribution is -0.132. The zero-order valence-electron chi connectivity index (χ0n) is 14.5. The number of fused-ring (bicyclic) bond motifs is 1. The predicted octanol–water partition coefficient (Wildman–Crippen LogP) is 3.04. The Morgan fingerprint density at radius 2 is 2.31 bits per heavy atom. The van der Waals surface area contributed by atoms with Gasteiger partial charge in [-0.3, -0.25) is 4.79 Å². The van der Waals surface area contributed by atoms with Gasteiger partial charge < -0.3 is 19.0 Å². The molecule has 1 aromatic carbocycles. The number of hydrogen-bond donors (Lipinski definition) is 1. The summed E-state index contributed by atoms with van der Waals surface area (Å²) in [6, 6.07) is 5.35. The van der Waals surface area contributed by atoms with Crippen molar-refractivity contribution in [2.24, 2.45) is 0 Å². The van der Waals surface area contributed by atoms with Gasteiger partial charge in [-0.25, -0.2) is 0 Å². The second-order valence-corrected chi connectivity index (χ2v) is 6.93. The lowest BCUT2D eigenvalue weighted by Gasteiger charge is -2.21. The minimum absolute atomic E-state index is 0.00116. The average molecular weight is 375 g/mol. The highest BCUT2D eigenvalue weighted by atomic mass is 35.5. The maximum Gasteiger partial charge on any atom is 0.239 e. The third-order valence-electron chi connectivity index (χ3n) is 4.81. The second kappa shape index (κ2) is 6.74. The van der Waals surface area contributed by atoms with Gasteiger partial charge in [0, 0.05) is 49.1 Å². The molecule has 0 unspecified atom stereocenters. The average Bonchev–Trinajstić information content (AvgIpc) is 3.32. The van der Waals surface area contributed by atoms with E-state index in [2.05, 4.69) is 15.2 Å². The van der Waals surface area contributed by atoms with Crippen molar-refractivity contribution in [3.05, 3.63) is 46.8 Å². The van der Waals surface area contributed by atoms with Gasteiger partial charge in [-0.1, -0.05) is 17.7 Å². The van der Waals surface area contributed by atoms with E-state index in [1.807, 2.05) is 24.4 Å². The van der Waals surface area contributed by atoms with Gasteiger partial charge >= 0.3 is 0 Å². The van der Waals surface area contributed by atoms with Crippen molar-refractivity contribution < 1.29 is 13.9 Å². The van der Waals surface area contributed by atoms with Gasteiger partial charge in [0.15, 0.2) is 0 Å². The highest BCUT2D eigenvalue weighted by Gasteiger charge is 2.39. The number of nitrogens with one attached hydrogen (secondary N) is 1. The summed E-state index contributed by atoms with van der Waals surface area (Å²) in [6.07, 6.45) is 2.74. The van der Waals surface area contributed by atoms with Crippen LogP contribution in [0.3, 0.4) is 0 Å². The molecular weight excluding hydrogens is 356 g/mol. The van der Waals surface area contributed by atoms with Crippen LogP contribution in [0.2, 0.25) is 5.02 Å². The maximum atomic E-state index is 13.0. The monoisotopic (exact) mass is 374 g/mol. The van der Waals surface area contributed by atoms with Crippen LogP contribution in [0.15, 0.2) is 28.8 Å². The molecule has 0 saturated carbocycles. The minimum Gasteiger partial charge on any atom is -0.423 e. The maximum absolute atomic E-state index is 13.0. The molecule has 1 N–H and O–H groups in total. The SMILES string of the molecule is CO[C@@H]1C[C@H](c2nnc(C)o2)N(C(=O)Cc2c[nH]c3cc(Cl)ccc23)C1. The zero-order valence-corrected chi connectivity index (χ0v) is 15.3. The highest BCUT2D eigenvalue weighted by Crippen LogP contribution is 2.33. The molecule has 0 bridgehead atoms. The minimum atomic E-state index is -0.256. The van der Waals surface area contributed by atoms with Crippen LogP contribution in [-0.4, -0.2) is 45.7 Å². The van der Waals surface area contributed by atoms with Crippen molar-refractivity contribution in [1.29, 1.82) is 0 Å². The predicted molar refractivity (Wildman–Crippen MR) is 95.9 cm³/mol. The van der Waals surface area contributed by atoms with Gasteiger partial charge in [0.25, 0.3) is 0 Å². The fourth-order valence-electron chi connectivity index (χ4n) is 3.49. The first-order chi connectivity index (χ1) is 12.5. The van der Waals surface area contributed by atoms with Gasteiger partial charge in [-0.2, -0.15) is 0 Å². The number of nitrogens with zero attached hydrogens (tertiary/aromatic N) is 3. The molecule has 1 saturated heterocycles. The summed E-state index contributed by atoms with van der Waals surface area (Å²) in [5.74, 6) is 0.948. The topological polar surface area (TPSA) is 84.2 Å². The Hall–Kier alpha value is -2.38. The number of benzene rings is 1. The molecule has 0 radical (unpaired) electrons. The lowest BCUT2D eigenvalue weighted by Crippen LogP contribution is -2.33. The summed E-state index contributed by atoms with van der Waals surface area (Å²) in [6.45, 7) is 2.25. The standard InChI is InChI=1S/C18H19ClN4O3/c1-10-21-22-18(26-10)16-7-13(25-2)9-23(16)17(24)5-11-8-20-15-6-12(19)3-4-14(11)15/h3-4,6,8,13,16,20H,5,7,9H2,1-2H3/t13-,16-/m1/s1. The highest BCUT2D eigenvalue weighted by molar-refractivity contribution is 6.31. The third-order valence-corrected chi connectivity index (χ3v) is 5.05. The van der Waals surface area contributed by atoms with Crippen LogP contribution >= 0.6 is 11.6 Å². The molecule has 0 spiro atoms. The first-order valence-electron chi connectivity index (χ1n) is 8.43. The van der Waals surface area contributed by atoms with Crippen LogP contribution in [0.25, 0.3) is 10.9 Å². The molecule has 1 aliphatic heterocycles. The summed E-state index contributed by atoms with van der Waals surface area (Å²) in [7, 11) is 1.65. The van der Waals surface area contributed by atoms with Crippen molar-refractivity contribution >= 4 is 28.4 Å². The molecule has 4 rings (SSSR count). The number of carbonyl (C=O) groups excluding carboxylic acids is 1. The van der Waals surface area contributed by atoms with E-state index in [9.17, 15) is 4.79 Å². The lowest BCUT2D eigenvalue weighted by atomic mass is 10.1. The number of halogens is 1. The number of H-pyrrole nitrogens is 1. The quantitative estimate of drug-likeness (QED) is 0.758. The third kappa shape index (κ3) is 3.08. The Bertz CT molecular complexity index is 951. The molecule has 26 heavy (non-hydrogen) atoms. The molecule has 2 aromatic heterocycles. The summed E-state index contributed by atoms with van der Waals surface area (Å²) >= 11 is 6.03. The fraction of sp³-hybridized carbons (Fsp3) is 0.389. The Morgan fingerprint density at radius 1 is 1.46 bits per heavy atom. The number of rotatable bonds is 4. The molecule has 2 atom stereocenters. The van der Waals surface area contributed by atoms with E-state index in [-0.39, 0.29) is 24.5 Å². The van der Waals surface area contributed by atoms with E-state index in [1.54, 1.807) is 18.9 Å². The number of ether oxygens (including phenoxy) is 1. The number of aryl methyl sites for hydroxylation is 1. The summed E-state index contributed by atoms with van der Waals surface area (Å²) < 4.78 is 11.0. The number of methoxy groups -OCH3 is 1. The molecular formula is C18H19ClN4O3. The Labute approximate surface area is 155 Å². The Morgan fingerprint density at radius 3 is 3.04 bits per heavy atom. The van der Waals surface area contributed by atoms with Crippen LogP contribution in [0.4, 0.5) is 0 Å². The van der Waals surface area contributed by atoms with Crippen LogP contribution in [-0.2, 0) is 16.0 Å². The Balaban J connectivity index is 1.58. The molecule has 1 aliphatic rings. The van der Waals surface area contributed by atoms with Gasteiger partial charge in [-0.15, -0.1) is 10.2 Å². The van der Waals surface area contributed by atoms with Gasteiger partial charge in [0.2, 0.25) is 17.7 Å².